The van der Waals surface area contributed by atoms with Gasteiger partial charge in [-0.25, -0.2) is 4.98 Å². The second-order valence-corrected chi connectivity index (χ2v) is 7.68. The molecule has 0 saturated heterocycles. The highest BCUT2D eigenvalue weighted by molar-refractivity contribution is 7.14. The number of amides is 1. The molecule has 4 nitrogen and oxygen atoms in total. The number of pyridine rings is 1. The lowest BCUT2D eigenvalue weighted by Crippen LogP contribution is -2.11. The molecular weight excluding hydrogens is 401 g/mol. The van der Waals surface area contributed by atoms with Crippen LogP contribution in [0.15, 0.2) is 53.9 Å². The van der Waals surface area contributed by atoms with Crippen LogP contribution in [0.3, 0.4) is 0 Å². The summed E-state index contributed by atoms with van der Waals surface area (Å²) in [6, 6.07) is 14.6. The van der Waals surface area contributed by atoms with E-state index in [0.29, 0.717) is 26.4 Å². The van der Waals surface area contributed by atoms with Crippen molar-refractivity contribution in [3.8, 4) is 11.3 Å². The van der Waals surface area contributed by atoms with Gasteiger partial charge in [-0.2, -0.15) is 0 Å². The number of thiazole rings is 1. The van der Waals surface area contributed by atoms with Gasteiger partial charge < -0.3 is 0 Å². The van der Waals surface area contributed by atoms with Crippen molar-refractivity contribution in [2.45, 2.75) is 6.92 Å². The monoisotopic (exact) mass is 413 g/mol. The normalized spacial score (nSPS) is 10.9. The van der Waals surface area contributed by atoms with Crippen molar-refractivity contribution in [2.75, 3.05) is 5.32 Å². The third-order valence-electron chi connectivity index (χ3n) is 4.03. The fraction of sp³-hybridized carbons (Fsp3) is 0.0500. The van der Waals surface area contributed by atoms with E-state index in [9.17, 15) is 4.79 Å². The molecule has 1 amide bonds. The first-order chi connectivity index (χ1) is 13.0. The Kier molecular flexibility index (Phi) is 4.83. The standard InChI is InChI=1S/C20H13Cl2N3OS/c1-11-2-3-12-4-5-13(8-17(12)23-11)19(26)25-20-24-18(10-27-20)15-7-6-14(21)9-16(15)22/h2-10H,1H3,(H,24,25,26). The Morgan fingerprint density at radius 3 is 2.67 bits per heavy atom. The van der Waals surface area contributed by atoms with Gasteiger partial charge in [0.1, 0.15) is 0 Å². The van der Waals surface area contributed by atoms with Crippen molar-refractivity contribution in [1.29, 1.82) is 0 Å². The first-order valence-electron chi connectivity index (χ1n) is 8.09. The van der Waals surface area contributed by atoms with Crippen molar-refractivity contribution in [3.05, 3.63) is 75.2 Å². The molecule has 0 aliphatic heterocycles. The summed E-state index contributed by atoms with van der Waals surface area (Å²) in [6.45, 7) is 1.92. The molecule has 0 saturated carbocycles. The predicted molar refractivity (Wildman–Crippen MR) is 112 cm³/mol. The smallest absolute Gasteiger partial charge is 0.257 e. The van der Waals surface area contributed by atoms with Crippen LogP contribution in [-0.4, -0.2) is 15.9 Å². The first-order valence-corrected chi connectivity index (χ1v) is 9.73. The van der Waals surface area contributed by atoms with Crippen molar-refractivity contribution in [3.63, 3.8) is 0 Å². The van der Waals surface area contributed by atoms with Gasteiger partial charge >= 0.3 is 0 Å². The summed E-state index contributed by atoms with van der Waals surface area (Å²) in [4.78, 5) is 21.5. The molecule has 0 radical (unpaired) electrons. The molecule has 4 rings (SSSR count). The zero-order valence-electron chi connectivity index (χ0n) is 14.2. The number of hydrogen-bond acceptors (Lipinski definition) is 4. The van der Waals surface area contributed by atoms with E-state index in [4.69, 9.17) is 23.2 Å². The molecule has 0 spiro atoms. The number of aromatic nitrogens is 2. The third kappa shape index (κ3) is 3.81. The number of aryl methyl sites for hydroxylation is 1. The molecule has 134 valence electrons. The molecule has 2 aromatic carbocycles. The van der Waals surface area contributed by atoms with Gasteiger partial charge in [-0.1, -0.05) is 35.3 Å². The van der Waals surface area contributed by atoms with Gasteiger partial charge in [0.15, 0.2) is 5.13 Å². The maximum absolute atomic E-state index is 12.6. The second-order valence-electron chi connectivity index (χ2n) is 5.98. The van der Waals surface area contributed by atoms with Crippen LogP contribution in [-0.2, 0) is 0 Å². The van der Waals surface area contributed by atoms with E-state index in [2.05, 4.69) is 15.3 Å². The molecule has 0 fully saturated rings. The SMILES string of the molecule is Cc1ccc2ccc(C(=O)Nc3nc(-c4ccc(Cl)cc4Cl)cs3)cc2n1. The third-order valence-corrected chi connectivity index (χ3v) is 5.33. The fourth-order valence-corrected chi connectivity index (χ4v) is 3.89. The number of fused-ring (bicyclic) bond motifs is 1. The van der Waals surface area contributed by atoms with Crippen molar-refractivity contribution >= 4 is 56.5 Å². The summed E-state index contributed by atoms with van der Waals surface area (Å²) in [5.41, 5.74) is 3.68. The summed E-state index contributed by atoms with van der Waals surface area (Å²) in [5.74, 6) is -0.233. The quantitative estimate of drug-likeness (QED) is 0.433. The molecule has 0 aliphatic carbocycles. The van der Waals surface area contributed by atoms with E-state index in [1.807, 2.05) is 36.6 Å². The molecule has 0 aliphatic rings. The first kappa shape index (κ1) is 17.9. The van der Waals surface area contributed by atoms with Crippen LogP contribution in [0.4, 0.5) is 5.13 Å². The van der Waals surface area contributed by atoms with E-state index in [1.54, 1.807) is 24.3 Å². The number of benzene rings is 2. The van der Waals surface area contributed by atoms with Gasteiger partial charge in [-0.3, -0.25) is 15.1 Å². The lowest BCUT2D eigenvalue weighted by molar-refractivity contribution is 0.102. The zero-order valence-corrected chi connectivity index (χ0v) is 16.5. The Morgan fingerprint density at radius 2 is 1.85 bits per heavy atom. The number of carbonyl (C=O) groups excluding carboxylic acids is 1. The minimum absolute atomic E-state index is 0.233. The van der Waals surface area contributed by atoms with Gasteiger partial charge in [0.2, 0.25) is 0 Å². The zero-order chi connectivity index (χ0) is 19.0. The van der Waals surface area contributed by atoms with Crippen molar-refractivity contribution < 1.29 is 4.79 Å². The van der Waals surface area contributed by atoms with Crippen molar-refractivity contribution in [1.82, 2.24) is 9.97 Å². The molecule has 2 aromatic heterocycles. The minimum Gasteiger partial charge on any atom is -0.298 e. The molecule has 27 heavy (non-hydrogen) atoms. The lowest BCUT2D eigenvalue weighted by Gasteiger charge is -2.04. The highest BCUT2D eigenvalue weighted by atomic mass is 35.5. The van der Waals surface area contributed by atoms with Crippen LogP contribution in [0, 0.1) is 6.92 Å². The number of halogens is 2. The Labute approximate surface area is 169 Å². The number of nitrogens with one attached hydrogen (secondary N) is 1. The van der Waals surface area contributed by atoms with Crippen LogP contribution < -0.4 is 5.32 Å². The van der Waals surface area contributed by atoms with E-state index in [-0.39, 0.29) is 5.91 Å². The molecule has 0 atom stereocenters. The Bertz CT molecular complexity index is 1170. The maximum Gasteiger partial charge on any atom is 0.257 e. The lowest BCUT2D eigenvalue weighted by atomic mass is 10.1. The van der Waals surface area contributed by atoms with Crippen LogP contribution in [0.5, 0.6) is 0 Å². The van der Waals surface area contributed by atoms with Gasteiger partial charge in [0, 0.05) is 32.6 Å². The van der Waals surface area contributed by atoms with E-state index in [0.717, 1.165) is 22.2 Å². The van der Waals surface area contributed by atoms with Gasteiger partial charge in [-0.05, 0) is 43.3 Å². The molecule has 4 aromatic rings. The fourth-order valence-electron chi connectivity index (χ4n) is 2.68. The van der Waals surface area contributed by atoms with Gasteiger partial charge in [0.05, 0.1) is 16.2 Å². The molecule has 0 unspecified atom stereocenters. The van der Waals surface area contributed by atoms with Crippen molar-refractivity contribution in [2.24, 2.45) is 0 Å². The average molecular weight is 414 g/mol. The highest BCUT2D eigenvalue weighted by Gasteiger charge is 2.13. The largest absolute Gasteiger partial charge is 0.298 e. The molecule has 2 heterocycles. The van der Waals surface area contributed by atoms with Crippen LogP contribution in [0.2, 0.25) is 10.0 Å². The molecular formula is C20H13Cl2N3OS. The molecule has 7 heteroatoms. The van der Waals surface area contributed by atoms with Gasteiger partial charge in [-0.15, -0.1) is 11.3 Å². The number of hydrogen-bond donors (Lipinski definition) is 1. The Balaban J connectivity index is 1.57. The molecule has 1 N–H and O–H groups in total. The van der Waals surface area contributed by atoms with Crippen LogP contribution >= 0.6 is 34.5 Å². The summed E-state index contributed by atoms with van der Waals surface area (Å²) in [7, 11) is 0. The number of rotatable bonds is 3. The predicted octanol–water partition coefficient (Wildman–Crippen LogP) is 6.23. The number of anilines is 1. The number of carbonyl (C=O) groups is 1. The van der Waals surface area contributed by atoms with Crippen LogP contribution in [0.25, 0.3) is 22.2 Å². The summed E-state index contributed by atoms with van der Waals surface area (Å²) < 4.78 is 0. The number of nitrogens with zero attached hydrogens (tertiary/aromatic N) is 2. The Morgan fingerprint density at radius 1 is 1.04 bits per heavy atom. The van der Waals surface area contributed by atoms with E-state index < -0.39 is 0 Å². The van der Waals surface area contributed by atoms with E-state index >= 15 is 0 Å². The van der Waals surface area contributed by atoms with Gasteiger partial charge in [0.25, 0.3) is 5.91 Å². The topological polar surface area (TPSA) is 54.9 Å². The maximum atomic E-state index is 12.6. The summed E-state index contributed by atoms with van der Waals surface area (Å²) >= 11 is 13.5. The minimum atomic E-state index is -0.233. The van der Waals surface area contributed by atoms with E-state index in [1.165, 1.54) is 11.3 Å². The molecule has 0 bridgehead atoms. The average Bonchev–Trinajstić information content (AvgIpc) is 3.09. The van der Waals surface area contributed by atoms with Crippen LogP contribution in [0.1, 0.15) is 16.1 Å². The summed E-state index contributed by atoms with van der Waals surface area (Å²) in [6.07, 6.45) is 0. The second kappa shape index (κ2) is 7.27. The highest BCUT2D eigenvalue weighted by Crippen LogP contribution is 2.32. The summed E-state index contributed by atoms with van der Waals surface area (Å²) in [5, 5.41) is 7.24. The Hall–Kier alpha value is -2.47.